The number of aryl methyl sites for hydroxylation is 1. The predicted molar refractivity (Wildman–Crippen MR) is 123 cm³/mol. The number of benzene rings is 1. The number of anilines is 2. The number of aromatic nitrogens is 1. The lowest BCUT2D eigenvalue weighted by Gasteiger charge is -2.36. The van der Waals surface area contributed by atoms with Crippen LogP contribution in [0.2, 0.25) is 5.02 Å². The summed E-state index contributed by atoms with van der Waals surface area (Å²) in [7, 11) is 0. The van der Waals surface area contributed by atoms with Gasteiger partial charge < -0.3 is 9.80 Å². The van der Waals surface area contributed by atoms with Crippen LogP contribution < -0.4 is 10.2 Å². The molecule has 4 rings (SSSR count). The first-order chi connectivity index (χ1) is 14.5. The van der Waals surface area contributed by atoms with Crippen molar-refractivity contribution in [2.45, 2.75) is 13.3 Å². The smallest absolute Gasteiger partial charge is 0.267 e. The maximum atomic E-state index is 12.7. The van der Waals surface area contributed by atoms with Crippen LogP contribution in [0.1, 0.15) is 20.9 Å². The van der Waals surface area contributed by atoms with E-state index in [9.17, 15) is 9.59 Å². The fourth-order valence-corrected chi connectivity index (χ4v) is 4.89. The van der Waals surface area contributed by atoms with Gasteiger partial charge >= 0.3 is 0 Å². The van der Waals surface area contributed by atoms with Crippen molar-refractivity contribution >= 4 is 56.9 Å². The molecule has 1 fully saturated rings. The molecule has 1 aromatic carbocycles. The first kappa shape index (κ1) is 20.8. The zero-order valence-corrected chi connectivity index (χ0v) is 18.8. The highest BCUT2D eigenvalue weighted by molar-refractivity contribution is 7.14. The molecule has 156 valence electrons. The predicted octanol–water partition coefficient (Wildman–Crippen LogP) is 4.31. The Morgan fingerprint density at radius 2 is 1.97 bits per heavy atom. The molecule has 0 saturated carbocycles. The van der Waals surface area contributed by atoms with Gasteiger partial charge in [-0.1, -0.05) is 23.7 Å². The minimum atomic E-state index is -0.176. The van der Waals surface area contributed by atoms with Gasteiger partial charge in [-0.25, -0.2) is 4.98 Å². The van der Waals surface area contributed by atoms with E-state index in [4.69, 9.17) is 11.6 Å². The number of amides is 2. The van der Waals surface area contributed by atoms with E-state index in [1.165, 1.54) is 28.2 Å². The lowest BCUT2D eigenvalue weighted by Crippen LogP contribution is -2.49. The number of thiophene rings is 1. The first-order valence-electron chi connectivity index (χ1n) is 9.58. The molecule has 1 N–H and O–H groups in total. The Hall–Kier alpha value is -2.42. The highest BCUT2D eigenvalue weighted by atomic mass is 35.5. The lowest BCUT2D eigenvalue weighted by molar-refractivity contribution is -0.130. The zero-order chi connectivity index (χ0) is 21.1. The molecule has 1 saturated heterocycles. The van der Waals surface area contributed by atoms with Crippen molar-refractivity contribution in [3.05, 3.63) is 62.2 Å². The highest BCUT2D eigenvalue weighted by Crippen LogP contribution is 2.25. The number of piperazine rings is 1. The Morgan fingerprint density at radius 3 is 2.70 bits per heavy atom. The Morgan fingerprint density at radius 1 is 1.17 bits per heavy atom. The second-order valence-electron chi connectivity index (χ2n) is 7.05. The molecular weight excluding hydrogens is 440 g/mol. The summed E-state index contributed by atoms with van der Waals surface area (Å²) in [6.07, 6.45) is 0.238. The van der Waals surface area contributed by atoms with Crippen LogP contribution in [0.5, 0.6) is 0 Å². The molecule has 0 radical (unpaired) electrons. The number of hydrogen-bond acceptors (Lipinski definition) is 6. The number of thiazole rings is 1. The third kappa shape index (κ3) is 4.83. The van der Waals surface area contributed by atoms with Crippen molar-refractivity contribution < 1.29 is 9.59 Å². The number of nitrogens with one attached hydrogen (secondary N) is 1. The van der Waals surface area contributed by atoms with Gasteiger partial charge in [0, 0.05) is 42.3 Å². The van der Waals surface area contributed by atoms with E-state index in [1.807, 2.05) is 39.9 Å². The van der Waals surface area contributed by atoms with Crippen molar-refractivity contribution in [2.75, 3.05) is 36.4 Å². The average molecular weight is 461 g/mol. The molecule has 0 unspecified atom stereocenters. The van der Waals surface area contributed by atoms with E-state index >= 15 is 0 Å². The normalized spacial score (nSPS) is 14.1. The number of hydrogen-bond donors (Lipinski definition) is 1. The molecule has 2 aromatic heterocycles. The Kier molecular flexibility index (Phi) is 6.36. The van der Waals surface area contributed by atoms with E-state index in [2.05, 4.69) is 22.1 Å². The van der Waals surface area contributed by atoms with E-state index in [0.29, 0.717) is 28.8 Å². The van der Waals surface area contributed by atoms with Gasteiger partial charge in [-0.15, -0.1) is 22.7 Å². The molecule has 1 aliphatic rings. The van der Waals surface area contributed by atoms with Crippen LogP contribution in [0.3, 0.4) is 0 Å². The maximum Gasteiger partial charge on any atom is 0.267 e. The SMILES string of the molecule is Cc1ccc(Cl)cc1N1CCN(C(=O)Cc2csc(NC(=O)c3cccs3)n2)CC1. The van der Waals surface area contributed by atoms with Crippen LogP contribution >= 0.6 is 34.3 Å². The van der Waals surface area contributed by atoms with Gasteiger partial charge in [-0.2, -0.15) is 0 Å². The molecule has 9 heteroatoms. The number of rotatable bonds is 5. The van der Waals surface area contributed by atoms with E-state index in [-0.39, 0.29) is 18.2 Å². The summed E-state index contributed by atoms with van der Waals surface area (Å²) in [5.41, 5.74) is 2.98. The van der Waals surface area contributed by atoms with Crippen LogP contribution in [0, 0.1) is 6.92 Å². The number of carbonyl (C=O) groups is 2. The Balaban J connectivity index is 1.30. The largest absolute Gasteiger partial charge is 0.368 e. The van der Waals surface area contributed by atoms with Crippen LogP contribution in [-0.2, 0) is 11.2 Å². The molecule has 30 heavy (non-hydrogen) atoms. The van der Waals surface area contributed by atoms with Gasteiger partial charge in [0.05, 0.1) is 17.0 Å². The molecule has 0 spiro atoms. The second-order valence-corrected chi connectivity index (χ2v) is 9.29. The van der Waals surface area contributed by atoms with Crippen molar-refractivity contribution in [1.29, 1.82) is 0 Å². The summed E-state index contributed by atoms with van der Waals surface area (Å²) in [5.74, 6) is -0.122. The quantitative estimate of drug-likeness (QED) is 0.616. The van der Waals surface area contributed by atoms with Gasteiger partial charge in [0.15, 0.2) is 5.13 Å². The third-order valence-corrected chi connectivity index (χ3v) is 6.90. The fourth-order valence-electron chi connectivity index (χ4n) is 3.40. The molecule has 0 atom stereocenters. The zero-order valence-electron chi connectivity index (χ0n) is 16.4. The van der Waals surface area contributed by atoms with Gasteiger partial charge in [0.1, 0.15) is 0 Å². The molecule has 3 aromatic rings. The molecule has 0 bridgehead atoms. The van der Waals surface area contributed by atoms with Crippen LogP contribution in [0.15, 0.2) is 41.1 Å². The van der Waals surface area contributed by atoms with Gasteiger partial charge in [-0.05, 0) is 36.1 Å². The maximum absolute atomic E-state index is 12.7. The summed E-state index contributed by atoms with van der Waals surface area (Å²) in [4.78, 5) is 34.0. The third-order valence-electron chi connectivity index (χ3n) is 4.99. The van der Waals surface area contributed by atoms with Gasteiger partial charge in [-0.3, -0.25) is 14.9 Å². The van der Waals surface area contributed by atoms with Crippen molar-refractivity contribution in [3.8, 4) is 0 Å². The first-order valence-corrected chi connectivity index (χ1v) is 11.7. The van der Waals surface area contributed by atoms with Crippen molar-refractivity contribution in [1.82, 2.24) is 9.88 Å². The summed E-state index contributed by atoms with van der Waals surface area (Å²) in [6, 6.07) is 9.49. The summed E-state index contributed by atoms with van der Waals surface area (Å²) in [5, 5.41) is 7.70. The standard InChI is InChI=1S/C21H21ClN4O2S2/c1-14-4-5-15(22)11-17(14)25-6-8-26(9-7-25)19(27)12-16-13-30-21(23-16)24-20(28)18-3-2-10-29-18/h2-5,10-11,13H,6-9,12H2,1H3,(H,23,24,28). The molecule has 0 aliphatic carbocycles. The molecule has 3 heterocycles. The van der Waals surface area contributed by atoms with Gasteiger partial charge in [0.2, 0.25) is 5.91 Å². The minimum absolute atomic E-state index is 0.0545. The van der Waals surface area contributed by atoms with Crippen molar-refractivity contribution in [2.24, 2.45) is 0 Å². The van der Waals surface area contributed by atoms with E-state index < -0.39 is 0 Å². The van der Waals surface area contributed by atoms with Gasteiger partial charge in [0.25, 0.3) is 5.91 Å². The van der Waals surface area contributed by atoms with Crippen molar-refractivity contribution in [3.63, 3.8) is 0 Å². The van der Waals surface area contributed by atoms with Crippen LogP contribution in [0.4, 0.5) is 10.8 Å². The summed E-state index contributed by atoms with van der Waals surface area (Å²) < 4.78 is 0. The Labute approximate surface area is 188 Å². The minimum Gasteiger partial charge on any atom is -0.368 e. The van der Waals surface area contributed by atoms with E-state index in [0.717, 1.165) is 23.8 Å². The fraction of sp³-hybridized carbons (Fsp3) is 0.286. The monoisotopic (exact) mass is 460 g/mol. The summed E-state index contributed by atoms with van der Waals surface area (Å²) in [6.45, 7) is 4.94. The number of nitrogens with zero attached hydrogens (tertiary/aromatic N) is 3. The second kappa shape index (κ2) is 9.16. The topological polar surface area (TPSA) is 65.5 Å². The number of halogens is 1. The lowest BCUT2D eigenvalue weighted by atomic mass is 10.1. The molecule has 6 nitrogen and oxygen atoms in total. The summed E-state index contributed by atoms with van der Waals surface area (Å²) >= 11 is 8.86. The molecular formula is C21H21ClN4O2S2. The van der Waals surface area contributed by atoms with Crippen LogP contribution in [0.25, 0.3) is 0 Å². The Bertz CT molecular complexity index is 1040. The van der Waals surface area contributed by atoms with E-state index in [1.54, 1.807) is 6.07 Å². The molecule has 2 amide bonds. The van der Waals surface area contributed by atoms with Crippen LogP contribution in [-0.4, -0.2) is 47.9 Å². The molecule has 1 aliphatic heterocycles. The highest BCUT2D eigenvalue weighted by Gasteiger charge is 2.23. The average Bonchev–Trinajstić information content (AvgIpc) is 3.42. The number of carbonyl (C=O) groups excluding carboxylic acids is 2.